The molecule has 0 amide bonds. The zero-order valence-electron chi connectivity index (χ0n) is 12.0. The van der Waals surface area contributed by atoms with Crippen molar-refractivity contribution in [3.05, 3.63) is 40.7 Å². The van der Waals surface area contributed by atoms with E-state index in [1.165, 1.54) is 0 Å². The molecule has 1 saturated heterocycles. The van der Waals surface area contributed by atoms with Gasteiger partial charge in [0, 0.05) is 42.6 Å². The Labute approximate surface area is 122 Å². The number of nitrogens with zero attached hydrogens (tertiary/aromatic N) is 3. The van der Waals surface area contributed by atoms with Crippen LogP contribution < -0.4 is 10.2 Å². The van der Waals surface area contributed by atoms with Crippen molar-refractivity contribution < 1.29 is 4.92 Å². The molecule has 1 aromatic heterocycles. The van der Waals surface area contributed by atoms with E-state index in [-0.39, 0.29) is 10.6 Å². The predicted octanol–water partition coefficient (Wildman–Crippen LogP) is 2.19. The van der Waals surface area contributed by atoms with E-state index in [2.05, 4.69) is 15.2 Å². The normalized spacial score (nSPS) is 18.3. The van der Waals surface area contributed by atoms with Gasteiger partial charge in [0.2, 0.25) is 0 Å². The largest absolute Gasteiger partial charge is 0.371 e. The molecule has 21 heavy (non-hydrogen) atoms. The first-order valence-corrected chi connectivity index (χ1v) is 7.11. The monoisotopic (exact) mass is 286 g/mol. The number of hydrogen-bond donors (Lipinski definition) is 1. The molecule has 1 aliphatic rings. The average Bonchev–Trinajstić information content (AvgIpc) is 2.94. The minimum Gasteiger partial charge on any atom is -0.371 e. The van der Waals surface area contributed by atoms with Crippen LogP contribution in [0.1, 0.15) is 6.42 Å². The first-order chi connectivity index (χ1) is 10.2. The molecule has 1 fully saturated rings. The summed E-state index contributed by atoms with van der Waals surface area (Å²) < 4.78 is 0. The molecule has 1 N–H and O–H groups in total. The Morgan fingerprint density at radius 1 is 1.43 bits per heavy atom. The molecule has 0 radical (unpaired) electrons. The summed E-state index contributed by atoms with van der Waals surface area (Å²) in [6.07, 6.45) is 4.47. The number of fused-ring (bicyclic) bond motifs is 1. The summed E-state index contributed by atoms with van der Waals surface area (Å²) in [6, 6.07) is 5.17. The molecule has 6 nitrogen and oxygen atoms in total. The fourth-order valence-electron chi connectivity index (χ4n) is 3.10. The lowest BCUT2D eigenvalue weighted by molar-refractivity contribution is -0.383. The highest BCUT2D eigenvalue weighted by Crippen LogP contribution is 2.35. The number of nitro benzene ring substituents is 1. The number of aromatic nitrogens is 1. The number of nitro groups is 1. The first-order valence-electron chi connectivity index (χ1n) is 7.11. The van der Waals surface area contributed by atoms with Crippen LogP contribution in [0.3, 0.4) is 0 Å². The minimum absolute atomic E-state index is 0.141. The quantitative estimate of drug-likeness (QED) is 0.689. The highest BCUT2D eigenvalue weighted by molar-refractivity contribution is 5.99. The maximum atomic E-state index is 11.1. The van der Waals surface area contributed by atoms with Crippen molar-refractivity contribution in [1.82, 2.24) is 10.3 Å². The molecule has 3 rings (SSSR count). The fraction of sp³-hybridized carbons (Fsp3) is 0.400. The third-order valence-corrected chi connectivity index (χ3v) is 4.09. The zero-order valence-corrected chi connectivity index (χ0v) is 12.0. The highest BCUT2D eigenvalue weighted by atomic mass is 16.6. The summed E-state index contributed by atoms with van der Waals surface area (Å²) in [4.78, 5) is 17.3. The van der Waals surface area contributed by atoms with Crippen LogP contribution in [0, 0.1) is 16.0 Å². The van der Waals surface area contributed by atoms with Gasteiger partial charge in [-0.15, -0.1) is 0 Å². The second-order valence-electron chi connectivity index (χ2n) is 5.44. The van der Waals surface area contributed by atoms with E-state index in [0.717, 1.165) is 37.1 Å². The van der Waals surface area contributed by atoms with Crippen LogP contribution in [0.4, 0.5) is 11.4 Å². The molecule has 0 spiro atoms. The van der Waals surface area contributed by atoms with Crippen molar-refractivity contribution in [2.45, 2.75) is 6.42 Å². The summed E-state index contributed by atoms with van der Waals surface area (Å²) in [5.41, 5.74) is 1.18. The van der Waals surface area contributed by atoms with Gasteiger partial charge < -0.3 is 10.2 Å². The van der Waals surface area contributed by atoms with E-state index in [1.807, 2.05) is 13.1 Å². The molecule has 2 heterocycles. The van der Waals surface area contributed by atoms with Gasteiger partial charge in [0.05, 0.1) is 10.3 Å². The third-order valence-electron chi connectivity index (χ3n) is 4.09. The molecule has 110 valence electrons. The summed E-state index contributed by atoms with van der Waals surface area (Å²) in [7, 11) is 1.97. The Morgan fingerprint density at radius 3 is 3.05 bits per heavy atom. The molecule has 0 aliphatic carbocycles. The van der Waals surface area contributed by atoms with Crippen LogP contribution in [0.5, 0.6) is 0 Å². The van der Waals surface area contributed by atoms with Gasteiger partial charge in [-0.25, -0.2) is 0 Å². The molecule has 1 aliphatic heterocycles. The smallest absolute Gasteiger partial charge is 0.277 e. The number of hydrogen-bond acceptors (Lipinski definition) is 5. The lowest BCUT2D eigenvalue weighted by atomic mass is 10.1. The van der Waals surface area contributed by atoms with Gasteiger partial charge >= 0.3 is 0 Å². The van der Waals surface area contributed by atoms with Crippen LogP contribution in [0.25, 0.3) is 10.8 Å². The predicted molar refractivity (Wildman–Crippen MR) is 82.6 cm³/mol. The van der Waals surface area contributed by atoms with Crippen molar-refractivity contribution in [1.29, 1.82) is 0 Å². The Morgan fingerprint density at radius 2 is 2.29 bits per heavy atom. The van der Waals surface area contributed by atoms with Crippen LogP contribution in [-0.4, -0.2) is 36.6 Å². The molecule has 6 heteroatoms. The molecular formula is C15H18N4O2. The van der Waals surface area contributed by atoms with Crippen molar-refractivity contribution in [3.8, 4) is 0 Å². The SMILES string of the molecule is CNCC1CCN(c2ccc([N+](=O)[O-])c3ccncc23)C1. The van der Waals surface area contributed by atoms with Gasteiger partial charge in [-0.1, -0.05) is 0 Å². The van der Waals surface area contributed by atoms with Gasteiger partial charge in [0.1, 0.15) is 0 Å². The number of pyridine rings is 1. The summed E-state index contributed by atoms with van der Waals surface area (Å²) in [5, 5.41) is 15.9. The topological polar surface area (TPSA) is 71.3 Å². The molecule has 1 unspecified atom stereocenters. The van der Waals surface area contributed by atoms with Crippen molar-refractivity contribution >= 4 is 22.1 Å². The van der Waals surface area contributed by atoms with E-state index in [4.69, 9.17) is 0 Å². The van der Waals surface area contributed by atoms with E-state index in [0.29, 0.717) is 11.3 Å². The molecule has 1 aromatic carbocycles. The van der Waals surface area contributed by atoms with Crippen LogP contribution in [-0.2, 0) is 0 Å². The molecular weight excluding hydrogens is 268 g/mol. The molecule has 1 atom stereocenters. The second kappa shape index (κ2) is 5.65. The highest BCUT2D eigenvalue weighted by Gasteiger charge is 2.25. The Kier molecular flexibility index (Phi) is 3.70. The Balaban J connectivity index is 2.01. The minimum atomic E-state index is -0.333. The standard InChI is InChI=1S/C15H18N4O2/c1-16-8-11-5-7-18(10-11)14-2-3-15(19(20)21)12-4-6-17-9-13(12)14/h2-4,6,9,11,16H,5,7-8,10H2,1H3. The molecule has 2 aromatic rings. The number of anilines is 1. The number of non-ortho nitro benzene ring substituents is 1. The van der Waals surface area contributed by atoms with Crippen molar-refractivity contribution in [2.75, 3.05) is 31.6 Å². The van der Waals surface area contributed by atoms with E-state index < -0.39 is 0 Å². The maximum Gasteiger partial charge on any atom is 0.277 e. The van der Waals surface area contributed by atoms with Crippen LogP contribution in [0.15, 0.2) is 30.6 Å². The Bertz CT molecular complexity index is 674. The average molecular weight is 286 g/mol. The molecule has 0 bridgehead atoms. The zero-order chi connectivity index (χ0) is 14.8. The Hall–Kier alpha value is -2.21. The second-order valence-corrected chi connectivity index (χ2v) is 5.44. The van der Waals surface area contributed by atoms with Crippen molar-refractivity contribution in [2.24, 2.45) is 5.92 Å². The molecule has 0 saturated carbocycles. The lowest BCUT2D eigenvalue weighted by Gasteiger charge is -2.20. The fourth-order valence-corrected chi connectivity index (χ4v) is 3.10. The third kappa shape index (κ3) is 2.54. The van der Waals surface area contributed by atoms with E-state index >= 15 is 0 Å². The maximum absolute atomic E-state index is 11.1. The van der Waals surface area contributed by atoms with Gasteiger partial charge in [-0.2, -0.15) is 0 Å². The van der Waals surface area contributed by atoms with Gasteiger partial charge in [-0.05, 0) is 38.1 Å². The van der Waals surface area contributed by atoms with Gasteiger partial charge in [-0.3, -0.25) is 15.1 Å². The van der Waals surface area contributed by atoms with Crippen molar-refractivity contribution in [3.63, 3.8) is 0 Å². The summed E-state index contributed by atoms with van der Waals surface area (Å²) in [6.45, 7) is 2.95. The number of rotatable bonds is 4. The number of benzene rings is 1. The van der Waals surface area contributed by atoms with Crippen LogP contribution in [0.2, 0.25) is 0 Å². The number of nitrogens with one attached hydrogen (secondary N) is 1. The van der Waals surface area contributed by atoms with E-state index in [9.17, 15) is 10.1 Å². The first kappa shape index (κ1) is 13.8. The van der Waals surface area contributed by atoms with Crippen LogP contribution >= 0.6 is 0 Å². The lowest BCUT2D eigenvalue weighted by Crippen LogP contribution is -2.24. The van der Waals surface area contributed by atoms with E-state index in [1.54, 1.807) is 24.5 Å². The van der Waals surface area contributed by atoms with Gasteiger partial charge in [0.25, 0.3) is 5.69 Å². The summed E-state index contributed by atoms with van der Waals surface area (Å²) >= 11 is 0. The van der Waals surface area contributed by atoms with Gasteiger partial charge in [0.15, 0.2) is 0 Å². The summed E-state index contributed by atoms with van der Waals surface area (Å²) in [5.74, 6) is 0.622.